The van der Waals surface area contributed by atoms with Crippen molar-refractivity contribution in [2.24, 2.45) is 0 Å². The molecule has 1 aromatic rings. The normalized spacial score (nSPS) is 17.5. The summed E-state index contributed by atoms with van der Waals surface area (Å²) in [5.41, 5.74) is -0.608. The van der Waals surface area contributed by atoms with Gasteiger partial charge in [-0.1, -0.05) is 0 Å². The van der Waals surface area contributed by atoms with Crippen LogP contribution < -0.4 is 26.3 Å². The Labute approximate surface area is 218 Å². The van der Waals surface area contributed by atoms with Gasteiger partial charge in [0.15, 0.2) is 0 Å². The summed E-state index contributed by atoms with van der Waals surface area (Å²) in [4.78, 5) is 73.2. The topological polar surface area (TPSA) is 251 Å². The first-order chi connectivity index (χ1) is 16.6. The number of amides is 1. The molecule has 36 heavy (non-hydrogen) atoms. The average Bonchev–Trinajstić information content (AvgIpc) is 3.18. The standard InChI is InChI=1S/C16H22N4O9.3CH2O.Tc/c1-8-4-20(16(28)18-15(8)27)12-2-9(21)10(29-12)3-17-11(22)5-19(6-13(23)24)7-14(25)26;3*1-2;/h4,9-10,12,21H,2-3,5-7H2,1H3,(H,17,22)(H,23,24)(H,25,26)(H,18,27,28);3*1H2;/p-3/t9-,10+,12+;;;;/m0..../s1/i;;;;1+1. The molecule has 0 bridgehead atoms. The number of aryl methyl sites for hydroxylation is 1. The minimum atomic E-state index is -1.56. The maximum absolute atomic E-state index is 12.0. The molecular weight excluding hydrogens is 575 g/mol. The van der Waals surface area contributed by atoms with Crippen LogP contribution in [0.1, 0.15) is 18.2 Å². The number of nitrogens with zero attached hydrogens (tertiary/aromatic N) is 3. The van der Waals surface area contributed by atoms with E-state index in [4.69, 9.17) is 19.1 Å². The molecule has 0 unspecified atom stereocenters. The van der Waals surface area contributed by atoms with Crippen molar-refractivity contribution in [3.63, 3.8) is 0 Å². The number of aliphatic hydroxyl groups excluding tert-OH is 1. The SMILES string of the molecule is C=O.C=O.C=O.Cc1cn([C@H]2C[C@H](O)[C@@H](CNC(=O)CN(CC(=O)[O-])CC(=O)[O-])O2)c(=O)nc1[O-].[99Tc]. The molecule has 1 fully saturated rings. The molecular formula is C19H25N4O12Tc-3. The minimum absolute atomic E-state index is 0. The molecule has 2 heterocycles. The van der Waals surface area contributed by atoms with Crippen molar-refractivity contribution >= 4 is 38.2 Å². The van der Waals surface area contributed by atoms with Crippen molar-refractivity contribution in [2.75, 3.05) is 26.2 Å². The molecule has 0 saturated carbocycles. The fourth-order valence-corrected chi connectivity index (χ4v) is 2.83. The molecule has 1 amide bonds. The van der Waals surface area contributed by atoms with E-state index in [0.717, 1.165) is 9.47 Å². The first-order valence-electron chi connectivity index (χ1n) is 9.42. The third-order valence-electron chi connectivity index (χ3n) is 4.18. The van der Waals surface area contributed by atoms with Crippen LogP contribution in [0.25, 0.3) is 0 Å². The van der Waals surface area contributed by atoms with Gasteiger partial charge in [0.05, 0.1) is 24.6 Å². The second-order valence-corrected chi connectivity index (χ2v) is 6.54. The van der Waals surface area contributed by atoms with Gasteiger partial charge in [0.1, 0.15) is 32.7 Å². The fraction of sp³-hybridized carbons (Fsp3) is 0.474. The van der Waals surface area contributed by atoms with Crippen molar-refractivity contribution in [3.8, 4) is 5.88 Å². The number of carbonyl (C=O) groups excluding carboxylic acids is 6. The summed E-state index contributed by atoms with van der Waals surface area (Å²) < 4.78 is 6.63. The van der Waals surface area contributed by atoms with Crippen LogP contribution >= 0.6 is 0 Å². The fourth-order valence-electron chi connectivity index (χ4n) is 2.83. The van der Waals surface area contributed by atoms with E-state index in [2.05, 4.69) is 10.3 Å². The number of aromatic nitrogens is 2. The number of rotatable bonds is 9. The van der Waals surface area contributed by atoms with Crippen molar-refractivity contribution < 1.29 is 74.0 Å². The van der Waals surface area contributed by atoms with Crippen LogP contribution in [-0.2, 0) is 53.6 Å². The second kappa shape index (κ2) is 19.9. The predicted octanol–water partition coefficient (Wildman–Crippen LogP) is -6.37. The number of ether oxygens (including phenoxy) is 1. The van der Waals surface area contributed by atoms with E-state index in [1.54, 1.807) is 0 Å². The monoisotopic (exact) mass is 600 g/mol. The zero-order chi connectivity index (χ0) is 27.7. The van der Waals surface area contributed by atoms with Gasteiger partial charge in [0.2, 0.25) is 5.91 Å². The van der Waals surface area contributed by atoms with Gasteiger partial charge in [-0.2, -0.15) is 0 Å². The zero-order valence-electron chi connectivity index (χ0n) is 19.1. The summed E-state index contributed by atoms with van der Waals surface area (Å²) in [5, 5.41) is 45.1. The molecule has 2 N–H and O–H groups in total. The van der Waals surface area contributed by atoms with Crippen molar-refractivity contribution in [2.45, 2.75) is 31.8 Å². The summed E-state index contributed by atoms with van der Waals surface area (Å²) in [6.45, 7) is 5.18. The zero-order valence-corrected chi connectivity index (χ0v) is 21.0. The molecule has 2 rings (SSSR count). The number of hydrogen-bond acceptors (Lipinski definition) is 14. The first-order valence-corrected chi connectivity index (χ1v) is 9.42. The number of aliphatic hydroxyl groups is 1. The quantitative estimate of drug-likeness (QED) is 0.268. The Morgan fingerprint density at radius 3 is 2.11 bits per heavy atom. The van der Waals surface area contributed by atoms with Gasteiger partial charge in [-0.05, 0) is 18.4 Å². The van der Waals surface area contributed by atoms with Crippen LogP contribution in [0.2, 0.25) is 0 Å². The van der Waals surface area contributed by atoms with Crippen LogP contribution in [0, 0.1) is 6.92 Å². The van der Waals surface area contributed by atoms with Crippen LogP contribution in [0.3, 0.4) is 0 Å². The van der Waals surface area contributed by atoms with Crippen LogP contribution in [-0.4, -0.2) is 96.2 Å². The minimum Gasteiger partial charge on any atom is -0.858 e. The maximum Gasteiger partial charge on any atom is 0.349 e. The Kier molecular flexibility index (Phi) is 20.5. The molecule has 1 saturated heterocycles. The second-order valence-electron chi connectivity index (χ2n) is 6.54. The molecule has 16 nitrogen and oxygen atoms in total. The van der Waals surface area contributed by atoms with Crippen molar-refractivity contribution in [1.82, 2.24) is 19.8 Å². The molecule has 3 atom stereocenters. The summed E-state index contributed by atoms with van der Waals surface area (Å²) in [7, 11) is 0. The van der Waals surface area contributed by atoms with Crippen LogP contribution in [0.4, 0.5) is 0 Å². The number of nitrogens with one attached hydrogen (secondary N) is 1. The Hall–Kier alpha value is -3.37. The van der Waals surface area contributed by atoms with Gasteiger partial charge in [-0.3, -0.25) is 14.3 Å². The number of aliphatic carboxylic acids is 2. The number of carbonyl (C=O) groups is 6. The summed E-state index contributed by atoms with van der Waals surface area (Å²) in [6, 6.07) is 0. The molecule has 0 aromatic carbocycles. The molecule has 1 radical (unpaired) electrons. The van der Waals surface area contributed by atoms with Gasteiger partial charge in [-0.25, -0.2) is 9.78 Å². The van der Waals surface area contributed by atoms with E-state index in [-0.39, 0.29) is 38.6 Å². The van der Waals surface area contributed by atoms with Gasteiger partial charge in [-0.15, -0.1) is 0 Å². The van der Waals surface area contributed by atoms with Crippen molar-refractivity contribution in [3.05, 3.63) is 22.2 Å². The van der Waals surface area contributed by atoms with E-state index < -0.39 is 67.5 Å². The van der Waals surface area contributed by atoms with Gasteiger partial charge in [0, 0.05) is 52.4 Å². The molecule has 1 aliphatic heterocycles. The van der Waals surface area contributed by atoms with Crippen molar-refractivity contribution in [1.29, 1.82) is 0 Å². The number of hydrogen-bond donors (Lipinski definition) is 2. The number of carboxylic acid groups (broad SMARTS) is 2. The third-order valence-corrected chi connectivity index (χ3v) is 4.18. The van der Waals surface area contributed by atoms with Gasteiger partial charge >= 0.3 is 5.69 Å². The third kappa shape index (κ3) is 12.9. The Morgan fingerprint density at radius 1 is 1.14 bits per heavy atom. The maximum atomic E-state index is 12.0. The molecule has 1 aliphatic rings. The average molecular weight is 600 g/mol. The van der Waals surface area contributed by atoms with E-state index in [1.165, 1.54) is 13.1 Å². The Morgan fingerprint density at radius 2 is 1.64 bits per heavy atom. The van der Waals surface area contributed by atoms with Gasteiger partial charge in [0.25, 0.3) is 0 Å². The largest absolute Gasteiger partial charge is 0.858 e. The molecule has 0 spiro atoms. The van der Waals surface area contributed by atoms with Gasteiger partial charge < -0.3 is 54.5 Å². The molecule has 0 aliphatic carbocycles. The van der Waals surface area contributed by atoms with Crippen LogP contribution in [0.5, 0.6) is 5.88 Å². The Bertz CT molecular complexity index is 879. The van der Waals surface area contributed by atoms with E-state index >= 15 is 0 Å². The predicted molar refractivity (Wildman–Crippen MR) is 108 cm³/mol. The summed E-state index contributed by atoms with van der Waals surface area (Å²) >= 11 is 0. The Balaban J connectivity index is -0.00000144. The smallest absolute Gasteiger partial charge is 0.349 e. The van der Waals surface area contributed by atoms with E-state index in [9.17, 15) is 39.6 Å². The molecule has 17 heteroatoms. The number of carboxylic acids is 2. The molecule has 1 aromatic heterocycles. The van der Waals surface area contributed by atoms with E-state index in [0.29, 0.717) is 0 Å². The van der Waals surface area contributed by atoms with E-state index in [1.807, 2.05) is 20.4 Å². The first kappa shape index (κ1) is 37.2. The molecule has 203 valence electrons. The van der Waals surface area contributed by atoms with Crippen LogP contribution in [0.15, 0.2) is 11.0 Å². The summed E-state index contributed by atoms with van der Waals surface area (Å²) in [5.74, 6) is -4.49. The summed E-state index contributed by atoms with van der Waals surface area (Å²) in [6.07, 6.45) is -1.53.